The van der Waals surface area contributed by atoms with Gasteiger partial charge in [0.25, 0.3) is 5.88 Å². The van der Waals surface area contributed by atoms with E-state index in [4.69, 9.17) is 26.2 Å². The van der Waals surface area contributed by atoms with Crippen molar-refractivity contribution in [2.24, 2.45) is 0 Å². The molecule has 1 heterocycles. The Balaban J connectivity index is 2.09. The van der Waals surface area contributed by atoms with E-state index < -0.39 is 17.9 Å². The van der Waals surface area contributed by atoms with E-state index in [0.29, 0.717) is 11.5 Å². The largest absolute Gasteiger partial charge is 0.479 e. The van der Waals surface area contributed by atoms with Gasteiger partial charge >= 0.3 is 5.97 Å². The van der Waals surface area contributed by atoms with Crippen LogP contribution in [-0.4, -0.2) is 22.2 Å². The van der Waals surface area contributed by atoms with Crippen LogP contribution in [0.15, 0.2) is 36.5 Å². The lowest BCUT2D eigenvalue weighted by Gasteiger charge is -2.11. The van der Waals surface area contributed by atoms with Crippen LogP contribution in [0, 0.1) is 5.82 Å². The van der Waals surface area contributed by atoms with Gasteiger partial charge in [-0.1, -0.05) is 11.6 Å². The zero-order valence-corrected chi connectivity index (χ0v) is 11.7. The van der Waals surface area contributed by atoms with E-state index in [1.807, 2.05) is 0 Å². The van der Waals surface area contributed by atoms with Gasteiger partial charge in [0.05, 0.1) is 5.02 Å². The highest BCUT2D eigenvalue weighted by Crippen LogP contribution is 2.27. The lowest BCUT2D eigenvalue weighted by molar-refractivity contribution is -0.144. The van der Waals surface area contributed by atoms with Gasteiger partial charge in [0.2, 0.25) is 5.82 Å². The fraction of sp³-hybridized carbons (Fsp3) is 0.143. The molecule has 0 bridgehead atoms. The Morgan fingerprint density at radius 3 is 2.52 bits per heavy atom. The molecule has 0 aliphatic carbocycles. The molecular weight excluding hydrogens is 301 g/mol. The van der Waals surface area contributed by atoms with Gasteiger partial charge in [-0.15, -0.1) is 0 Å². The van der Waals surface area contributed by atoms with Crippen LogP contribution in [0.5, 0.6) is 17.4 Å². The Labute approximate surface area is 124 Å². The van der Waals surface area contributed by atoms with Crippen LogP contribution >= 0.6 is 11.6 Å². The summed E-state index contributed by atoms with van der Waals surface area (Å²) in [6, 6.07) is 7.35. The summed E-state index contributed by atoms with van der Waals surface area (Å²) in [4.78, 5) is 14.4. The number of rotatable bonds is 5. The second kappa shape index (κ2) is 6.41. The first-order valence-electron chi connectivity index (χ1n) is 5.94. The zero-order chi connectivity index (χ0) is 15.4. The van der Waals surface area contributed by atoms with Gasteiger partial charge in [0.15, 0.2) is 6.10 Å². The van der Waals surface area contributed by atoms with E-state index in [9.17, 15) is 9.18 Å². The van der Waals surface area contributed by atoms with Crippen molar-refractivity contribution in [1.82, 2.24) is 4.98 Å². The quantitative estimate of drug-likeness (QED) is 0.915. The molecule has 1 unspecified atom stereocenters. The predicted octanol–water partition coefficient (Wildman–Crippen LogP) is 3.52. The van der Waals surface area contributed by atoms with E-state index in [-0.39, 0.29) is 10.9 Å². The van der Waals surface area contributed by atoms with Crippen LogP contribution in [0.3, 0.4) is 0 Å². The highest BCUT2D eigenvalue weighted by Gasteiger charge is 2.13. The number of carboxylic acids is 1. The Morgan fingerprint density at radius 2 is 1.90 bits per heavy atom. The maximum atomic E-state index is 13.6. The molecule has 0 amide bonds. The van der Waals surface area contributed by atoms with Crippen LogP contribution < -0.4 is 9.47 Å². The number of nitrogens with zero attached hydrogens (tertiary/aromatic N) is 1. The maximum absolute atomic E-state index is 13.6. The van der Waals surface area contributed by atoms with E-state index in [1.165, 1.54) is 43.5 Å². The van der Waals surface area contributed by atoms with Crippen molar-refractivity contribution < 1.29 is 23.8 Å². The zero-order valence-electron chi connectivity index (χ0n) is 10.9. The smallest absolute Gasteiger partial charge is 0.344 e. The van der Waals surface area contributed by atoms with Gasteiger partial charge in [-0.05, 0) is 37.3 Å². The van der Waals surface area contributed by atoms with Crippen molar-refractivity contribution in [2.45, 2.75) is 13.0 Å². The van der Waals surface area contributed by atoms with Gasteiger partial charge in [0.1, 0.15) is 11.5 Å². The Hall–Kier alpha value is -2.34. The molecule has 110 valence electrons. The third-order valence-corrected chi connectivity index (χ3v) is 2.80. The number of pyridine rings is 1. The Kier molecular flexibility index (Phi) is 4.59. The molecule has 1 aromatic carbocycles. The van der Waals surface area contributed by atoms with Crippen LogP contribution in [0.25, 0.3) is 0 Å². The number of hydrogen-bond donors (Lipinski definition) is 1. The molecule has 0 aliphatic heterocycles. The summed E-state index contributed by atoms with van der Waals surface area (Å²) < 4.78 is 24.0. The maximum Gasteiger partial charge on any atom is 0.344 e. The predicted molar refractivity (Wildman–Crippen MR) is 73.4 cm³/mol. The SMILES string of the molecule is CC(Oc1ccc(Oc2nccc(Cl)c2F)cc1)C(=O)O. The average molecular weight is 312 g/mol. The normalized spacial score (nSPS) is 11.8. The standard InChI is InChI=1S/C14H11ClFNO4/c1-8(14(18)19)20-9-2-4-10(5-3-9)21-13-12(16)11(15)6-7-17-13/h2-8H,1H3,(H,18,19). The molecule has 0 spiro atoms. The third-order valence-electron chi connectivity index (χ3n) is 2.51. The molecule has 1 N–H and O–H groups in total. The van der Waals surface area contributed by atoms with E-state index in [1.54, 1.807) is 0 Å². The van der Waals surface area contributed by atoms with Gasteiger partial charge in [0, 0.05) is 6.20 Å². The Morgan fingerprint density at radius 1 is 1.29 bits per heavy atom. The number of aromatic nitrogens is 1. The van der Waals surface area contributed by atoms with Crippen molar-refractivity contribution >= 4 is 17.6 Å². The molecule has 2 rings (SSSR count). The molecule has 0 saturated carbocycles. The molecule has 5 nitrogen and oxygen atoms in total. The number of ether oxygens (including phenoxy) is 2. The minimum atomic E-state index is -1.07. The molecular formula is C14H11ClFNO4. The summed E-state index contributed by atoms with van der Waals surface area (Å²) in [7, 11) is 0. The van der Waals surface area contributed by atoms with E-state index >= 15 is 0 Å². The monoisotopic (exact) mass is 311 g/mol. The molecule has 0 radical (unpaired) electrons. The lowest BCUT2D eigenvalue weighted by atomic mass is 10.3. The first-order chi connectivity index (χ1) is 9.97. The number of hydrogen-bond acceptors (Lipinski definition) is 4. The number of benzene rings is 1. The number of halogens is 2. The van der Waals surface area contributed by atoms with Crippen molar-refractivity contribution in [3.63, 3.8) is 0 Å². The topological polar surface area (TPSA) is 68.7 Å². The first-order valence-corrected chi connectivity index (χ1v) is 6.32. The van der Waals surface area contributed by atoms with Crippen molar-refractivity contribution in [1.29, 1.82) is 0 Å². The van der Waals surface area contributed by atoms with Crippen molar-refractivity contribution in [3.05, 3.63) is 47.4 Å². The molecule has 21 heavy (non-hydrogen) atoms. The fourth-order valence-electron chi connectivity index (χ4n) is 1.43. The number of aliphatic carboxylic acids is 1. The second-order valence-corrected chi connectivity index (χ2v) is 4.49. The Bertz CT molecular complexity index is 648. The molecule has 0 fully saturated rings. The second-order valence-electron chi connectivity index (χ2n) is 4.08. The molecule has 7 heteroatoms. The van der Waals surface area contributed by atoms with Crippen LogP contribution in [-0.2, 0) is 4.79 Å². The van der Waals surface area contributed by atoms with E-state index in [0.717, 1.165) is 0 Å². The molecule has 1 aromatic heterocycles. The molecule has 0 saturated heterocycles. The summed E-state index contributed by atoms with van der Waals surface area (Å²) in [5, 5.41) is 8.65. The summed E-state index contributed by atoms with van der Waals surface area (Å²) in [6.45, 7) is 1.41. The highest BCUT2D eigenvalue weighted by molar-refractivity contribution is 6.30. The molecule has 2 aromatic rings. The van der Waals surface area contributed by atoms with Gasteiger partial charge < -0.3 is 14.6 Å². The summed E-state index contributed by atoms with van der Waals surface area (Å²) in [5.74, 6) is -1.38. The highest BCUT2D eigenvalue weighted by atomic mass is 35.5. The minimum Gasteiger partial charge on any atom is -0.479 e. The van der Waals surface area contributed by atoms with Gasteiger partial charge in [-0.25, -0.2) is 9.78 Å². The van der Waals surface area contributed by atoms with Gasteiger partial charge in [-0.3, -0.25) is 0 Å². The number of carboxylic acid groups (broad SMARTS) is 1. The van der Waals surface area contributed by atoms with Crippen molar-refractivity contribution in [2.75, 3.05) is 0 Å². The lowest BCUT2D eigenvalue weighted by Crippen LogP contribution is -2.22. The summed E-state index contributed by atoms with van der Waals surface area (Å²) in [5.41, 5.74) is 0. The molecule has 0 aliphatic rings. The number of carbonyl (C=O) groups is 1. The van der Waals surface area contributed by atoms with Crippen molar-refractivity contribution in [3.8, 4) is 17.4 Å². The molecule has 1 atom stereocenters. The van der Waals surface area contributed by atoms with Crippen LogP contribution in [0.4, 0.5) is 4.39 Å². The van der Waals surface area contributed by atoms with E-state index in [2.05, 4.69) is 4.98 Å². The van der Waals surface area contributed by atoms with Crippen LogP contribution in [0.2, 0.25) is 5.02 Å². The van der Waals surface area contributed by atoms with Gasteiger partial charge in [-0.2, -0.15) is 4.39 Å². The summed E-state index contributed by atoms with van der Waals surface area (Å²) >= 11 is 5.62. The summed E-state index contributed by atoms with van der Waals surface area (Å²) in [6.07, 6.45) is 0.357. The average Bonchev–Trinajstić information content (AvgIpc) is 2.46. The first kappa shape index (κ1) is 15.1. The minimum absolute atomic E-state index is 0.0877. The third kappa shape index (κ3) is 3.82. The fourth-order valence-corrected chi connectivity index (χ4v) is 1.56. The van der Waals surface area contributed by atoms with Crippen LogP contribution in [0.1, 0.15) is 6.92 Å².